The summed E-state index contributed by atoms with van der Waals surface area (Å²) in [5.41, 5.74) is 5.90. The zero-order valence-corrected chi connectivity index (χ0v) is 10.1. The Morgan fingerprint density at radius 1 is 1.73 bits per heavy atom. The highest BCUT2D eigenvalue weighted by Crippen LogP contribution is 2.09. The van der Waals surface area contributed by atoms with Gasteiger partial charge in [-0.15, -0.1) is 11.3 Å². The molecule has 0 aliphatic carbocycles. The van der Waals surface area contributed by atoms with Crippen LogP contribution in [0.3, 0.4) is 0 Å². The number of amides is 1. The number of carbonyl (C=O) groups is 1. The van der Waals surface area contributed by atoms with Crippen molar-refractivity contribution in [1.29, 1.82) is 0 Å². The Labute approximate surface area is 93.9 Å². The van der Waals surface area contributed by atoms with Crippen molar-refractivity contribution in [3.05, 3.63) is 16.1 Å². The average molecular weight is 227 g/mol. The summed E-state index contributed by atoms with van der Waals surface area (Å²) >= 11 is 1.58. The summed E-state index contributed by atoms with van der Waals surface area (Å²) in [6.45, 7) is 6.02. The van der Waals surface area contributed by atoms with Gasteiger partial charge in [0.2, 0.25) is 5.91 Å². The predicted molar refractivity (Wildman–Crippen MR) is 61.6 cm³/mol. The Morgan fingerprint density at radius 3 is 2.87 bits per heavy atom. The molecule has 1 unspecified atom stereocenters. The summed E-state index contributed by atoms with van der Waals surface area (Å²) in [5, 5.41) is 5.73. The molecule has 5 heteroatoms. The first-order valence-corrected chi connectivity index (χ1v) is 5.82. The molecule has 0 saturated carbocycles. The number of aryl methyl sites for hydroxylation is 1. The quantitative estimate of drug-likeness (QED) is 0.812. The van der Waals surface area contributed by atoms with Gasteiger partial charge in [0.05, 0.1) is 22.8 Å². The van der Waals surface area contributed by atoms with Crippen molar-refractivity contribution < 1.29 is 4.79 Å². The summed E-state index contributed by atoms with van der Waals surface area (Å²) in [6, 6.07) is 0. The number of thiazole rings is 1. The number of nitrogens with one attached hydrogen (secondary N) is 1. The molecule has 0 bridgehead atoms. The smallest absolute Gasteiger partial charge is 0.240 e. The molecule has 0 fully saturated rings. The molecular weight excluding hydrogens is 210 g/mol. The van der Waals surface area contributed by atoms with Gasteiger partial charge in [0.15, 0.2) is 0 Å². The van der Waals surface area contributed by atoms with Crippen LogP contribution in [0.15, 0.2) is 5.38 Å². The van der Waals surface area contributed by atoms with Crippen LogP contribution in [0.2, 0.25) is 0 Å². The van der Waals surface area contributed by atoms with E-state index in [4.69, 9.17) is 5.73 Å². The molecule has 0 spiro atoms. The van der Waals surface area contributed by atoms with E-state index >= 15 is 0 Å². The molecule has 0 saturated heterocycles. The molecule has 1 atom stereocenters. The highest BCUT2D eigenvalue weighted by Gasteiger charge is 2.25. The van der Waals surface area contributed by atoms with Crippen LogP contribution in [-0.4, -0.2) is 16.4 Å². The standard InChI is InChI=1S/C10H17N3OS/c1-4-10(3,11)9(14)12-5-8-6-15-7(2)13-8/h6H,4-5,11H2,1-3H3,(H,12,14). The minimum Gasteiger partial charge on any atom is -0.349 e. The molecular formula is C10H17N3OS. The van der Waals surface area contributed by atoms with Crippen LogP contribution < -0.4 is 11.1 Å². The largest absolute Gasteiger partial charge is 0.349 e. The summed E-state index contributed by atoms with van der Waals surface area (Å²) < 4.78 is 0. The van der Waals surface area contributed by atoms with Gasteiger partial charge in [0, 0.05) is 5.38 Å². The first-order valence-electron chi connectivity index (χ1n) is 4.94. The van der Waals surface area contributed by atoms with E-state index in [0.29, 0.717) is 13.0 Å². The number of hydrogen-bond donors (Lipinski definition) is 2. The Balaban J connectivity index is 2.47. The highest BCUT2D eigenvalue weighted by atomic mass is 32.1. The van der Waals surface area contributed by atoms with Crippen molar-refractivity contribution in [2.45, 2.75) is 39.3 Å². The third-order valence-electron chi connectivity index (χ3n) is 2.35. The van der Waals surface area contributed by atoms with Crippen LogP contribution in [-0.2, 0) is 11.3 Å². The zero-order chi connectivity index (χ0) is 11.5. The molecule has 4 nitrogen and oxygen atoms in total. The molecule has 1 aromatic heterocycles. The molecule has 0 aliphatic rings. The maximum Gasteiger partial charge on any atom is 0.240 e. The second-order valence-electron chi connectivity index (χ2n) is 3.81. The lowest BCUT2D eigenvalue weighted by molar-refractivity contribution is -0.126. The molecule has 3 N–H and O–H groups in total. The lowest BCUT2D eigenvalue weighted by Gasteiger charge is -2.21. The lowest BCUT2D eigenvalue weighted by Crippen LogP contribution is -2.50. The SMILES string of the molecule is CCC(C)(N)C(=O)NCc1csc(C)n1. The fourth-order valence-corrected chi connectivity index (χ4v) is 1.64. The van der Waals surface area contributed by atoms with Crippen LogP contribution in [0.5, 0.6) is 0 Å². The van der Waals surface area contributed by atoms with Crippen molar-refractivity contribution in [3.8, 4) is 0 Å². The third kappa shape index (κ3) is 3.28. The van der Waals surface area contributed by atoms with Crippen molar-refractivity contribution >= 4 is 17.2 Å². The molecule has 0 aliphatic heterocycles. The van der Waals surface area contributed by atoms with E-state index in [1.807, 2.05) is 19.2 Å². The van der Waals surface area contributed by atoms with Crippen molar-refractivity contribution in [1.82, 2.24) is 10.3 Å². The maximum atomic E-state index is 11.6. The van der Waals surface area contributed by atoms with Crippen LogP contribution in [0.1, 0.15) is 31.0 Å². The molecule has 1 aromatic rings. The molecule has 1 rings (SSSR count). The van der Waals surface area contributed by atoms with Crippen molar-refractivity contribution in [2.75, 3.05) is 0 Å². The highest BCUT2D eigenvalue weighted by molar-refractivity contribution is 7.09. The van der Waals surface area contributed by atoms with Gasteiger partial charge in [0.1, 0.15) is 0 Å². The van der Waals surface area contributed by atoms with Crippen molar-refractivity contribution in [3.63, 3.8) is 0 Å². The topological polar surface area (TPSA) is 68.0 Å². The summed E-state index contributed by atoms with van der Waals surface area (Å²) in [5.74, 6) is -0.129. The Kier molecular flexibility index (Phi) is 3.82. The van der Waals surface area contributed by atoms with Gasteiger partial charge in [-0.2, -0.15) is 0 Å². The monoisotopic (exact) mass is 227 g/mol. The number of nitrogens with two attached hydrogens (primary N) is 1. The molecule has 15 heavy (non-hydrogen) atoms. The average Bonchev–Trinajstić information content (AvgIpc) is 2.60. The van der Waals surface area contributed by atoms with Gasteiger partial charge >= 0.3 is 0 Å². The van der Waals surface area contributed by atoms with Gasteiger partial charge in [-0.25, -0.2) is 4.98 Å². The van der Waals surface area contributed by atoms with Crippen LogP contribution in [0.4, 0.5) is 0 Å². The molecule has 1 amide bonds. The normalized spacial score (nSPS) is 14.7. The van der Waals surface area contributed by atoms with E-state index < -0.39 is 5.54 Å². The summed E-state index contributed by atoms with van der Waals surface area (Å²) in [7, 11) is 0. The third-order valence-corrected chi connectivity index (χ3v) is 3.17. The summed E-state index contributed by atoms with van der Waals surface area (Å²) in [6.07, 6.45) is 0.620. The van der Waals surface area contributed by atoms with E-state index in [2.05, 4.69) is 10.3 Å². The Hall–Kier alpha value is -0.940. The molecule has 0 radical (unpaired) electrons. The fourth-order valence-electron chi connectivity index (χ4n) is 1.02. The second kappa shape index (κ2) is 4.72. The maximum absolute atomic E-state index is 11.6. The fraction of sp³-hybridized carbons (Fsp3) is 0.600. The van der Waals surface area contributed by atoms with Crippen LogP contribution in [0.25, 0.3) is 0 Å². The zero-order valence-electron chi connectivity index (χ0n) is 9.33. The van der Waals surface area contributed by atoms with Gasteiger partial charge in [-0.1, -0.05) is 6.92 Å². The number of nitrogens with zero attached hydrogens (tertiary/aromatic N) is 1. The number of aromatic nitrogens is 1. The minimum atomic E-state index is -0.787. The van der Waals surface area contributed by atoms with E-state index in [-0.39, 0.29) is 5.91 Å². The van der Waals surface area contributed by atoms with E-state index in [9.17, 15) is 4.79 Å². The van der Waals surface area contributed by atoms with Gasteiger partial charge in [-0.05, 0) is 20.3 Å². The van der Waals surface area contributed by atoms with E-state index in [1.54, 1.807) is 18.3 Å². The predicted octanol–water partition coefficient (Wildman–Crippen LogP) is 1.20. The van der Waals surface area contributed by atoms with E-state index in [1.165, 1.54) is 0 Å². The first kappa shape index (κ1) is 12.1. The van der Waals surface area contributed by atoms with E-state index in [0.717, 1.165) is 10.7 Å². The Bertz CT molecular complexity index is 346. The van der Waals surface area contributed by atoms with Crippen LogP contribution >= 0.6 is 11.3 Å². The molecule has 1 heterocycles. The van der Waals surface area contributed by atoms with Gasteiger partial charge in [-0.3, -0.25) is 4.79 Å². The van der Waals surface area contributed by atoms with Crippen LogP contribution in [0, 0.1) is 6.92 Å². The van der Waals surface area contributed by atoms with Gasteiger partial charge in [0.25, 0.3) is 0 Å². The molecule has 0 aromatic carbocycles. The molecule has 84 valence electrons. The second-order valence-corrected chi connectivity index (χ2v) is 4.87. The number of rotatable bonds is 4. The van der Waals surface area contributed by atoms with Gasteiger partial charge < -0.3 is 11.1 Å². The first-order chi connectivity index (χ1) is 6.95. The summed E-state index contributed by atoms with van der Waals surface area (Å²) in [4.78, 5) is 15.9. The number of carbonyl (C=O) groups excluding carboxylic acids is 1. The lowest BCUT2D eigenvalue weighted by atomic mass is 10.00. The Morgan fingerprint density at radius 2 is 2.40 bits per heavy atom. The minimum absolute atomic E-state index is 0.129. The van der Waals surface area contributed by atoms with Crippen molar-refractivity contribution in [2.24, 2.45) is 5.73 Å². The number of hydrogen-bond acceptors (Lipinski definition) is 4.